The molecule has 0 bridgehead atoms. The molecule has 0 saturated carbocycles. The quantitative estimate of drug-likeness (QED) is 0.388. The van der Waals surface area contributed by atoms with Crippen LogP contribution in [-0.4, -0.2) is 59.4 Å². The Labute approximate surface area is 212 Å². The second kappa shape index (κ2) is 10.9. The van der Waals surface area contributed by atoms with Gasteiger partial charge >= 0.3 is 0 Å². The van der Waals surface area contributed by atoms with Gasteiger partial charge in [0.15, 0.2) is 0 Å². The second-order valence-corrected chi connectivity index (χ2v) is 11.1. The third kappa shape index (κ3) is 5.40. The highest BCUT2D eigenvalue weighted by Crippen LogP contribution is 2.36. The lowest BCUT2D eigenvalue weighted by Crippen LogP contribution is -2.56. The number of likely N-dealkylation sites (tertiary alicyclic amines) is 2. The first-order valence-electron chi connectivity index (χ1n) is 12.4. The Morgan fingerprint density at radius 1 is 1.03 bits per heavy atom. The van der Waals surface area contributed by atoms with E-state index in [0.717, 1.165) is 73.2 Å². The molecule has 5 nitrogen and oxygen atoms in total. The summed E-state index contributed by atoms with van der Waals surface area (Å²) >= 11 is 3.52. The monoisotopic (exact) mass is 527 g/mol. The van der Waals surface area contributed by atoms with Crippen molar-refractivity contribution in [2.75, 3.05) is 33.3 Å². The summed E-state index contributed by atoms with van der Waals surface area (Å²) in [6, 6.07) is 14.6. The molecule has 4 rings (SSSR count). The van der Waals surface area contributed by atoms with Crippen LogP contribution in [0.1, 0.15) is 61.1 Å². The summed E-state index contributed by atoms with van der Waals surface area (Å²) in [5, 5.41) is 15.6. The van der Waals surface area contributed by atoms with Gasteiger partial charge in [-0.1, -0.05) is 51.4 Å². The Bertz CT molecular complexity index is 971. The molecular formula is C28H38BrN3O2. The Morgan fingerprint density at radius 2 is 1.62 bits per heavy atom. The van der Waals surface area contributed by atoms with Crippen molar-refractivity contribution >= 4 is 21.6 Å². The van der Waals surface area contributed by atoms with Crippen LogP contribution in [0.25, 0.3) is 0 Å². The van der Waals surface area contributed by atoms with Gasteiger partial charge in [-0.2, -0.15) is 0 Å². The lowest BCUT2D eigenvalue weighted by molar-refractivity contribution is -0.0541. The SMILES string of the molecule is CO/N=C(\c1ccc(Br)cc1)C1CCN(C2(C)CCN(C(O)c3c(C)cccc3C)CC2)CC1. The minimum Gasteiger partial charge on any atom is -0.399 e. The standard InChI is InChI=1S/C28H38BrN3O2/c1-20-6-5-7-21(2)25(20)27(33)31-18-14-28(3,15-19-31)32-16-12-23(13-17-32)26(30-34-4)22-8-10-24(29)11-9-22/h5-11,23,27,33H,12-19H2,1-4H3/b30-26+. The van der Waals surface area contributed by atoms with Gasteiger partial charge in [0.2, 0.25) is 0 Å². The van der Waals surface area contributed by atoms with Crippen LogP contribution < -0.4 is 0 Å². The molecular weight excluding hydrogens is 490 g/mol. The molecule has 2 aliphatic rings. The predicted octanol–water partition coefficient (Wildman–Crippen LogP) is 5.67. The molecule has 1 unspecified atom stereocenters. The highest BCUT2D eigenvalue weighted by molar-refractivity contribution is 9.10. The Balaban J connectivity index is 1.36. The molecule has 0 amide bonds. The normalized spacial score (nSPS) is 21.4. The maximum atomic E-state index is 11.1. The second-order valence-electron chi connectivity index (χ2n) is 10.1. The van der Waals surface area contributed by atoms with Crippen LogP contribution in [0.4, 0.5) is 0 Å². The first-order valence-corrected chi connectivity index (χ1v) is 13.2. The average molecular weight is 529 g/mol. The predicted molar refractivity (Wildman–Crippen MR) is 142 cm³/mol. The summed E-state index contributed by atoms with van der Waals surface area (Å²) in [5.74, 6) is 0.409. The van der Waals surface area contributed by atoms with Crippen molar-refractivity contribution in [3.63, 3.8) is 0 Å². The molecule has 2 heterocycles. The van der Waals surface area contributed by atoms with Crippen LogP contribution >= 0.6 is 15.9 Å². The van der Waals surface area contributed by atoms with Gasteiger partial charge in [0.1, 0.15) is 13.3 Å². The number of benzene rings is 2. The summed E-state index contributed by atoms with van der Waals surface area (Å²) in [4.78, 5) is 10.2. The molecule has 2 aliphatic heterocycles. The lowest BCUT2D eigenvalue weighted by atomic mass is 9.82. The molecule has 0 aliphatic carbocycles. The van der Waals surface area contributed by atoms with Gasteiger partial charge in [0, 0.05) is 34.6 Å². The van der Waals surface area contributed by atoms with E-state index in [1.807, 2.05) is 0 Å². The smallest absolute Gasteiger partial charge is 0.134 e. The van der Waals surface area contributed by atoms with Gasteiger partial charge in [0.25, 0.3) is 0 Å². The molecule has 2 saturated heterocycles. The summed E-state index contributed by atoms with van der Waals surface area (Å²) < 4.78 is 1.07. The number of aryl methyl sites for hydroxylation is 2. The first kappa shape index (κ1) is 25.4. The van der Waals surface area contributed by atoms with Gasteiger partial charge in [-0.3, -0.25) is 9.80 Å². The Kier molecular flexibility index (Phi) is 8.13. The number of hydrogen-bond acceptors (Lipinski definition) is 5. The van der Waals surface area contributed by atoms with Gasteiger partial charge in [0.05, 0.1) is 5.71 Å². The molecule has 2 aromatic carbocycles. The van der Waals surface area contributed by atoms with E-state index in [4.69, 9.17) is 4.84 Å². The topological polar surface area (TPSA) is 48.3 Å². The van der Waals surface area contributed by atoms with E-state index < -0.39 is 6.23 Å². The van der Waals surface area contributed by atoms with E-state index in [-0.39, 0.29) is 5.54 Å². The molecule has 6 heteroatoms. The third-order valence-corrected chi connectivity index (χ3v) is 8.52. The molecule has 34 heavy (non-hydrogen) atoms. The number of aliphatic hydroxyl groups excluding tert-OH is 1. The molecule has 0 spiro atoms. The van der Waals surface area contributed by atoms with Crippen LogP contribution in [0.2, 0.25) is 0 Å². The number of halogens is 1. The highest BCUT2D eigenvalue weighted by Gasteiger charge is 2.39. The maximum Gasteiger partial charge on any atom is 0.134 e. The zero-order valence-corrected chi connectivity index (χ0v) is 22.5. The summed E-state index contributed by atoms with van der Waals surface area (Å²) in [7, 11) is 1.63. The van der Waals surface area contributed by atoms with Crippen molar-refractivity contribution in [1.29, 1.82) is 0 Å². The Morgan fingerprint density at radius 3 is 2.18 bits per heavy atom. The van der Waals surface area contributed by atoms with E-state index in [9.17, 15) is 5.11 Å². The van der Waals surface area contributed by atoms with Crippen molar-refractivity contribution in [3.05, 3.63) is 69.2 Å². The summed E-state index contributed by atoms with van der Waals surface area (Å²) in [6.07, 6.45) is 3.80. The fourth-order valence-electron chi connectivity index (χ4n) is 5.76. The van der Waals surface area contributed by atoms with Crippen LogP contribution in [0, 0.1) is 19.8 Å². The fraction of sp³-hybridized carbons (Fsp3) is 0.536. The molecule has 2 aromatic rings. The number of piperidine rings is 2. The number of hydrogen-bond donors (Lipinski definition) is 1. The first-order chi connectivity index (χ1) is 16.3. The number of nitrogens with zero attached hydrogens (tertiary/aromatic N) is 3. The van der Waals surface area contributed by atoms with Crippen LogP contribution in [0.3, 0.4) is 0 Å². The van der Waals surface area contributed by atoms with Crippen LogP contribution in [-0.2, 0) is 4.84 Å². The number of aliphatic hydroxyl groups is 1. The van der Waals surface area contributed by atoms with Crippen molar-refractivity contribution in [2.24, 2.45) is 11.1 Å². The van der Waals surface area contributed by atoms with Gasteiger partial charge < -0.3 is 9.94 Å². The lowest BCUT2D eigenvalue weighted by Gasteiger charge is -2.50. The van der Waals surface area contributed by atoms with Crippen molar-refractivity contribution in [3.8, 4) is 0 Å². The van der Waals surface area contributed by atoms with Gasteiger partial charge in [-0.25, -0.2) is 0 Å². The van der Waals surface area contributed by atoms with E-state index in [1.165, 1.54) is 11.1 Å². The maximum absolute atomic E-state index is 11.1. The summed E-state index contributed by atoms with van der Waals surface area (Å²) in [6.45, 7) is 10.6. The Hall–Kier alpha value is -1.73. The third-order valence-electron chi connectivity index (χ3n) is 8.00. The minimum absolute atomic E-state index is 0.179. The molecule has 0 radical (unpaired) electrons. The van der Waals surface area contributed by atoms with Crippen molar-refractivity contribution in [1.82, 2.24) is 9.80 Å². The molecule has 1 atom stereocenters. The average Bonchev–Trinajstić information content (AvgIpc) is 2.84. The van der Waals surface area contributed by atoms with Crippen molar-refractivity contribution in [2.45, 2.75) is 58.2 Å². The van der Waals surface area contributed by atoms with Crippen LogP contribution in [0.15, 0.2) is 52.1 Å². The van der Waals surface area contributed by atoms with E-state index in [0.29, 0.717) is 5.92 Å². The highest BCUT2D eigenvalue weighted by atomic mass is 79.9. The number of rotatable bonds is 6. The van der Waals surface area contributed by atoms with E-state index in [1.54, 1.807) is 7.11 Å². The van der Waals surface area contributed by atoms with E-state index >= 15 is 0 Å². The zero-order valence-electron chi connectivity index (χ0n) is 20.9. The van der Waals surface area contributed by atoms with Crippen LogP contribution in [0.5, 0.6) is 0 Å². The molecule has 2 fully saturated rings. The van der Waals surface area contributed by atoms with E-state index in [2.05, 4.69) is 94.1 Å². The summed E-state index contributed by atoms with van der Waals surface area (Å²) in [5.41, 5.74) is 5.79. The van der Waals surface area contributed by atoms with Gasteiger partial charge in [-0.05, 0) is 88.4 Å². The molecule has 184 valence electrons. The largest absolute Gasteiger partial charge is 0.399 e. The molecule has 1 N–H and O–H groups in total. The van der Waals surface area contributed by atoms with Gasteiger partial charge in [-0.15, -0.1) is 0 Å². The number of oxime groups is 1. The zero-order chi connectivity index (χ0) is 24.3. The minimum atomic E-state index is -0.518. The molecule has 0 aromatic heterocycles. The van der Waals surface area contributed by atoms with Crippen molar-refractivity contribution < 1.29 is 9.94 Å². The fourth-order valence-corrected chi connectivity index (χ4v) is 6.02.